The molecule has 1 aromatic heterocycles. The Bertz CT molecular complexity index is 1090. The third-order valence-corrected chi connectivity index (χ3v) is 5.82. The quantitative estimate of drug-likeness (QED) is 0.479. The van der Waals surface area contributed by atoms with Crippen LogP contribution in [-0.2, 0) is 11.8 Å². The predicted molar refractivity (Wildman–Crippen MR) is 123 cm³/mol. The van der Waals surface area contributed by atoms with Crippen molar-refractivity contribution in [2.24, 2.45) is 13.0 Å². The van der Waals surface area contributed by atoms with Gasteiger partial charge in [-0.3, -0.25) is 24.2 Å². The molecule has 1 aliphatic carbocycles. The molecule has 0 aliphatic heterocycles. The molecule has 4 N–H and O–H groups in total. The molecular weight excluding hydrogens is 414 g/mol. The summed E-state index contributed by atoms with van der Waals surface area (Å²) in [6, 6.07) is 4.59. The minimum absolute atomic E-state index is 0.0143. The fourth-order valence-electron chi connectivity index (χ4n) is 4.09. The number of aromatic hydroxyl groups is 1. The number of amides is 1. The zero-order valence-electron chi connectivity index (χ0n) is 18.9. The van der Waals surface area contributed by atoms with E-state index in [1.807, 2.05) is 0 Å². The predicted octanol–water partition coefficient (Wildman–Crippen LogP) is 1.84. The molecular formula is C22H31N5O5. The molecule has 1 aromatic carbocycles. The molecule has 2 atom stereocenters. The van der Waals surface area contributed by atoms with E-state index in [1.165, 1.54) is 24.1 Å². The summed E-state index contributed by atoms with van der Waals surface area (Å²) in [5, 5.41) is 19.3. The van der Waals surface area contributed by atoms with Gasteiger partial charge in [-0.15, -0.1) is 0 Å². The highest BCUT2D eigenvalue weighted by Gasteiger charge is 2.28. The molecule has 0 radical (unpaired) electrons. The summed E-state index contributed by atoms with van der Waals surface area (Å²) < 4.78 is 6.47. The second-order valence-corrected chi connectivity index (χ2v) is 8.33. The van der Waals surface area contributed by atoms with Gasteiger partial charge in [-0.1, -0.05) is 18.9 Å². The summed E-state index contributed by atoms with van der Waals surface area (Å²) in [6.45, 7) is 0.555. The Morgan fingerprint density at radius 2 is 1.97 bits per heavy atom. The number of carbonyl (C=O) groups excluding carboxylic acids is 1. The van der Waals surface area contributed by atoms with Crippen molar-refractivity contribution in [3.63, 3.8) is 0 Å². The zero-order chi connectivity index (χ0) is 23.4. The van der Waals surface area contributed by atoms with Crippen LogP contribution >= 0.6 is 0 Å². The molecule has 10 heteroatoms. The number of benzene rings is 1. The van der Waals surface area contributed by atoms with Crippen LogP contribution in [0.5, 0.6) is 5.75 Å². The molecule has 174 valence electrons. The fourth-order valence-corrected chi connectivity index (χ4v) is 4.09. The Hall–Kier alpha value is -3.27. The smallest absolute Gasteiger partial charge is 0.290 e. The van der Waals surface area contributed by atoms with Gasteiger partial charge in [-0.25, -0.2) is 0 Å². The molecule has 1 amide bonds. The molecule has 1 aliphatic rings. The molecule has 0 spiro atoms. The van der Waals surface area contributed by atoms with Crippen LogP contribution in [0, 0.1) is 5.92 Å². The number of aryl methyl sites for hydroxylation is 1. The van der Waals surface area contributed by atoms with Gasteiger partial charge < -0.3 is 25.4 Å². The fraction of sp³-hybridized carbons (Fsp3) is 0.500. The van der Waals surface area contributed by atoms with Gasteiger partial charge in [-0.05, 0) is 25.0 Å². The Kier molecular flexibility index (Phi) is 7.24. The van der Waals surface area contributed by atoms with E-state index in [0.717, 1.165) is 30.4 Å². The highest BCUT2D eigenvalue weighted by Crippen LogP contribution is 2.33. The van der Waals surface area contributed by atoms with Crippen molar-refractivity contribution in [3.05, 3.63) is 44.5 Å². The van der Waals surface area contributed by atoms with Crippen molar-refractivity contribution in [3.8, 4) is 5.75 Å². The number of carbonyl (C=O) groups is 1. The topological polar surface area (TPSA) is 129 Å². The molecule has 2 aromatic rings. The van der Waals surface area contributed by atoms with Gasteiger partial charge in [0.15, 0.2) is 5.75 Å². The van der Waals surface area contributed by atoms with E-state index < -0.39 is 11.1 Å². The number of anilines is 3. The van der Waals surface area contributed by atoms with Crippen LogP contribution in [0.2, 0.25) is 0 Å². The number of aromatic nitrogens is 2. The van der Waals surface area contributed by atoms with Gasteiger partial charge in [0.25, 0.3) is 17.0 Å². The molecule has 10 nitrogen and oxygen atoms in total. The lowest BCUT2D eigenvalue weighted by Crippen LogP contribution is -2.39. The number of phenols is 1. The van der Waals surface area contributed by atoms with Gasteiger partial charge in [0.1, 0.15) is 11.4 Å². The summed E-state index contributed by atoms with van der Waals surface area (Å²) in [5.41, 5.74) is -0.599. The summed E-state index contributed by atoms with van der Waals surface area (Å²) in [5.74, 6) is -0.473. The molecule has 1 fully saturated rings. The monoisotopic (exact) mass is 445 g/mol. The average Bonchev–Trinajstić information content (AvgIpc) is 2.76. The van der Waals surface area contributed by atoms with Crippen molar-refractivity contribution < 1.29 is 14.6 Å². The molecule has 0 saturated heterocycles. The minimum Gasteiger partial charge on any atom is -0.505 e. The first-order valence-corrected chi connectivity index (χ1v) is 10.6. The lowest BCUT2D eigenvalue weighted by molar-refractivity contribution is 0.0824. The second-order valence-electron chi connectivity index (χ2n) is 8.33. The maximum absolute atomic E-state index is 13.0. The highest BCUT2D eigenvalue weighted by molar-refractivity contribution is 5.98. The van der Waals surface area contributed by atoms with Crippen LogP contribution in [0.3, 0.4) is 0 Å². The van der Waals surface area contributed by atoms with Crippen molar-refractivity contribution in [1.29, 1.82) is 0 Å². The Labute approximate surface area is 186 Å². The lowest BCUT2D eigenvalue weighted by atomic mass is 9.85. The van der Waals surface area contributed by atoms with E-state index in [-0.39, 0.29) is 46.2 Å². The van der Waals surface area contributed by atoms with Crippen molar-refractivity contribution >= 4 is 23.0 Å². The van der Waals surface area contributed by atoms with Gasteiger partial charge in [0.05, 0.1) is 17.9 Å². The SMILES string of the molecule is COCC1CCCCC1Nc1c(Nc2cccc(C(=O)N(C)C)c2O)c(=O)[nH]n(C)c1=O. The number of hydrogen-bond acceptors (Lipinski definition) is 7. The molecule has 1 saturated carbocycles. The summed E-state index contributed by atoms with van der Waals surface area (Å²) in [7, 11) is 6.28. The van der Waals surface area contributed by atoms with E-state index in [0.29, 0.717) is 6.61 Å². The van der Waals surface area contributed by atoms with E-state index in [9.17, 15) is 19.5 Å². The maximum atomic E-state index is 13.0. The zero-order valence-corrected chi connectivity index (χ0v) is 18.9. The number of aromatic amines is 1. The second kappa shape index (κ2) is 9.90. The highest BCUT2D eigenvalue weighted by atomic mass is 16.5. The Morgan fingerprint density at radius 3 is 2.66 bits per heavy atom. The third-order valence-electron chi connectivity index (χ3n) is 5.82. The summed E-state index contributed by atoms with van der Waals surface area (Å²) in [4.78, 5) is 39.5. The third kappa shape index (κ3) is 4.80. The minimum atomic E-state index is -0.530. The first-order valence-electron chi connectivity index (χ1n) is 10.6. The van der Waals surface area contributed by atoms with Gasteiger partial charge in [0.2, 0.25) is 0 Å². The molecule has 0 bridgehead atoms. The van der Waals surface area contributed by atoms with Gasteiger partial charge in [0, 0.05) is 40.2 Å². The van der Waals surface area contributed by atoms with Crippen LogP contribution in [0.25, 0.3) is 0 Å². The molecule has 32 heavy (non-hydrogen) atoms. The van der Waals surface area contributed by atoms with Crippen LogP contribution in [0.15, 0.2) is 27.8 Å². The van der Waals surface area contributed by atoms with E-state index in [1.54, 1.807) is 27.3 Å². The molecule has 3 rings (SSSR count). The Balaban J connectivity index is 2.02. The molecule has 1 heterocycles. The van der Waals surface area contributed by atoms with Crippen LogP contribution in [-0.4, -0.2) is 59.5 Å². The number of para-hydroxylation sites is 1. The van der Waals surface area contributed by atoms with Gasteiger partial charge in [-0.2, -0.15) is 0 Å². The van der Waals surface area contributed by atoms with Crippen molar-refractivity contribution in [2.75, 3.05) is 38.4 Å². The van der Waals surface area contributed by atoms with Gasteiger partial charge >= 0.3 is 0 Å². The van der Waals surface area contributed by atoms with Crippen LogP contribution in [0.4, 0.5) is 17.1 Å². The number of H-pyrrole nitrogens is 1. The number of nitrogens with one attached hydrogen (secondary N) is 3. The number of rotatable bonds is 7. The number of phenolic OH excluding ortho intramolecular Hbond substituents is 1. The first kappa shape index (κ1) is 23.4. The number of ether oxygens (including phenoxy) is 1. The average molecular weight is 446 g/mol. The largest absolute Gasteiger partial charge is 0.505 e. The van der Waals surface area contributed by atoms with Crippen LogP contribution < -0.4 is 21.8 Å². The van der Waals surface area contributed by atoms with E-state index in [2.05, 4.69) is 15.7 Å². The number of methoxy groups -OCH3 is 1. The standard InChI is InChI=1S/C22H31N5O5/c1-26(2)21(30)14-9-7-11-16(19(14)28)24-17-18(22(31)27(3)25-20(17)29)23-15-10-6-5-8-13(15)12-32-4/h7,9,11,13,15,23-24,28H,5-6,8,10,12H2,1-4H3,(H,25,29). The lowest BCUT2D eigenvalue weighted by Gasteiger charge is -2.32. The van der Waals surface area contributed by atoms with Crippen molar-refractivity contribution in [1.82, 2.24) is 14.7 Å². The first-order chi connectivity index (χ1) is 15.2. The van der Waals surface area contributed by atoms with E-state index in [4.69, 9.17) is 4.74 Å². The normalized spacial score (nSPS) is 18.2. The number of nitrogens with zero attached hydrogens (tertiary/aromatic N) is 2. The summed E-state index contributed by atoms with van der Waals surface area (Å²) >= 11 is 0. The van der Waals surface area contributed by atoms with Crippen LogP contribution in [0.1, 0.15) is 36.0 Å². The summed E-state index contributed by atoms with van der Waals surface area (Å²) in [6.07, 6.45) is 3.92. The van der Waals surface area contributed by atoms with E-state index >= 15 is 0 Å². The van der Waals surface area contributed by atoms with Crippen molar-refractivity contribution in [2.45, 2.75) is 31.7 Å². The maximum Gasteiger partial charge on any atom is 0.290 e. The number of hydrogen-bond donors (Lipinski definition) is 4. The molecule has 2 unspecified atom stereocenters. The Morgan fingerprint density at radius 1 is 1.25 bits per heavy atom.